The monoisotopic (exact) mass is 364 g/mol. The lowest BCUT2D eigenvalue weighted by molar-refractivity contribution is -0.128. The van der Waals surface area contributed by atoms with Gasteiger partial charge in [-0.25, -0.2) is 8.78 Å². The van der Waals surface area contributed by atoms with Gasteiger partial charge in [-0.15, -0.1) is 11.8 Å². The van der Waals surface area contributed by atoms with Crippen LogP contribution in [0.3, 0.4) is 0 Å². The molecule has 1 N–H and O–H groups in total. The van der Waals surface area contributed by atoms with Crippen molar-refractivity contribution >= 4 is 23.4 Å². The number of benzene rings is 2. The second-order valence-electron chi connectivity index (χ2n) is 5.75. The van der Waals surface area contributed by atoms with Crippen LogP contribution in [0.2, 0.25) is 0 Å². The van der Waals surface area contributed by atoms with Crippen LogP contribution in [-0.2, 0) is 4.79 Å². The molecule has 1 saturated heterocycles. The summed E-state index contributed by atoms with van der Waals surface area (Å²) in [5, 5.41) is 9.34. The second-order valence-corrected chi connectivity index (χ2v) is 6.80. The van der Waals surface area contributed by atoms with Gasteiger partial charge in [-0.3, -0.25) is 4.79 Å². The van der Waals surface area contributed by atoms with E-state index < -0.39 is 11.6 Å². The predicted molar refractivity (Wildman–Crippen MR) is 94.0 cm³/mol. The fourth-order valence-electron chi connectivity index (χ4n) is 2.68. The number of piperazine rings is 1. The third-order valence-corrected chi connectivity index (χ3v) is 5.08. The first kappa shape index (κ1) is 17.5. The largest absolute Gasteiger partial charge is 0.508 e. The predicted octanol–water partition coefficient (Wildman–Crippen LogP) is 3.11. The number of carbonyl (C=O) groups is 1. The lowest BCUT2D eigenvalue weighted by Gasteiger charge is -2.36. The molecule has 1 aliphatic rings. The molecular formula is C18H18F2N2O2S. The Bertz CT molecular complexity index is 747. The Balaban J connectivity index is 1.49. The van der Waals surface area contributed by atoms with Gasteiger partial charge in [0.25, 0.3) is 0 Å². The van der Waals surface area contributed by atoms with Crippen molar-refractivity contribution in [1.29, 1.82) is 0 Å². The summed E-state index contributed by atoms with van der Waals surface area (Å²) in [6, 6.07) is 10.6. The molecule has 1 aliphatic heterocycles. The van der Waals surface area contributed by atoms with Gasteiger partial charge < -0.3 is 14.9 Å². The van der Waals surface area contributed by atoms with E-state index in [1.54, 1.807) is 17.0 Å². The third-order valence-electron chi connectivity index (χ3n) is 4.10. The minimum atomic E-state index is -0.903. The fourth-order valence-corrected chi connectivity index (χ4v) is 3.50. The van der Waals surface area contributed by atoms with Gasteiger partial charge in [0.15, 0.2) is 11.6 Å². The van der Waals surface area contributed by atoms with Crippen molar-refractivity contribution in [2.24, 2.45) is 0 Å². The molecule has 0 aliphatic carbocycles. The van der Waals surface area contributed by atoms with E-state index in [0.717, 1.165) is 17.8 Å². The summed E-state index contributed by atoms with van der Waals surface area (Å²) in [5.41, 5.74) is 1.01. The summed E-state index contributed by atoms with van der Waals surface area (Å²) in [5.74, 6) is -1.38. The Morgan fingerprint density at radius 3 is 2.32 bits per heavy atom. The van der Waals surface area contributed by atoms with Crippen molar-refractivity contribution in [3.05, 3.63) is 54.1 Å². The van der Waals surface area contributed by atoms with E-state index in [2.05, 4.69) is 4.90 Å². The number of hydrogen-bond acceptors (Lipinski definition) is 4. The zero-order valence-corrected chi connectivity index (χ0v) is 14.3. The van der Waals surface area contributed by atoms with Gasteiger partial charge in [0.1, 0.15) is 5.75 Å². The topological polar surface area (TPSA) is 43.8 Å². The Labute approximate surface area is 149 Å². The van der Waals surface area contributed by atoms with Gasteiger partial charge in [0.2, 0.25) is 5.91 Å². The Kier molecular flexibility index (Phi) is 5.43. The number of hydrogen-bond donors (Lipinski definition) is 1. The highest BCUT2D eigenvalue weighted by Crippen LogP contribution is 2.22. The molecule has 0 atom stereocenters. The molecule has 0 saturated carbocycles. The number of carbonyl (C=O) groups excluding carboxylic acids is 1. The number of thioether (sulfide) groups is 1. The molecule has 132 valence electrons. The molecule has 1 amide bonds. The maximum absolute atomic E-state index is 13.2. The lowest BCUT2D eigenvalue weighted by Crippen LogP contribution is -2.49. The van der Waals surface area contributed by atoms with E-state index in [9.17, 15) is 18.7 Å². The average molecular weight is 364 g/mol. The number of rotatable bonds is 4. The summed E-state index contributed by atoms with van der Waals surface area (Å²) < 4.78 is 26.1. The Hall–Kier alpha value is -2.28. The van der Waals surface area contributed by atoms with E-state index in [-0.39, 0.29) is 17.4 Å². The summed E-state index contributed by atoms with van der Waals surface area (Å²) >= 11 is 1.20. The van der Waals surface area contributed by atoms with E-state index in [4.69, 9.17) is 0 Å². The number of phenols is 1. The second kappa shape index (κ2) is 7.74. The van der Waals surface area contributed by atoms with Crippen molar-refractivity contribution < 1.29 is 18.7 Å². The smallest absolute Gasteiger partial charge is 0.233 e. The standard InChI is InChI=1S/C18H18F2N2O2S/c19-16-6-5-15(11-17(16)20)25-12-18(24)22-9-7-21(8-10-22)13-1-3-14(23)4-2-13/h1-6,11,23H,7-10,12H2. The van der Waals surface area contributed by atoms with E-state index in [0.29, 0.717) is 31.1 Å². The van der Waals surface area contributed by atoms with Crippen molar-refractivity contribution in [1.82, 2.24) is 4.90 Å². The van der Waals surface area contributed by atoms with Crippen LogP contribution in [0.25, 0.3) is 0 Å². The number of nitrogens with zero attached hydrogens (tertiary/aromatic N) is 2. The molecule has 0 aromatic heterocycles. The highest BCUT2D eigenvalue weighted by atomic mass is 32.2. The first-order valence-corrected chi connectivity index (χ1v) is 8.91. The number of anilines is 1. The van der Waals surface area contributed by atoms with Crippen molar-refractivity contribution in [2.45, 2.75) is 4.90 Å². The molecule has 1 fully saturated rings. The molecule has 3 rings (SSSR count). The van der Waals surface area contributed by atoms with Crippen LogP contribution in [0.4, 0.5) is 14.5 Å². The van der Waals surface area contributed by atoms with Crippen LogP contribution in [-0.4, -0.2) is 47.8 Å². The molecule has 0 bridgehead atoms. The van der Waals surface area contributed by atoms with Crippen molar-refractivity contribution in [3.8, 4) is 5.75 Å². The quantitative estimate of drug-likeness (QED) is 0.847. The van der Waals surface area contributed by atoms with Crippen LogP contribution in [0.1, 0.15) is 0 Å². The van der Waals surface area contributed by atoms with Gasteiger partial charge in [0, 0.05) is 36.8 Å². The van der Waals surface area contributed by atoms with Crippen molar-refractivity contribution in [2.75, 3.05) is 36.8 Å². The number of phenolic OH excluding ortho intramolecular Hbond substituents is 1. The van der Waals surface area contributed by atoms with Gasteiger partial charge >= 0.3 is 0 Å². The number of halogens is 2. The summed E-state index contributed by atoms with van der Waals surface area (Å²) in [6.45, 7) is 2.65. The first-order valence-electron chi connectivity index (χ1n) is 7.92. The molecule has 7 heteroatoms. The zero-order valence-electron chi connectivity index (χ0n) is 13.5. The molecule has 2 aromatic carbocycles. The van der Waals surface area contributed by atoms with E-state index >= 15 is 0 Å². The molecule has 0 radical (unpaired) electrons. The highest BCUT2D eigenvalue weighted by molar-refractivity contribution is 8.00. The van der Waals surface area contributed by atoms with Crippen LogP contribution in [0.15, 0.2) is 47.4 Å². The zero-order chi connectivity index (χ0) is 17.8. The highest BCUT2D eigenvalue weighted by Gasteiger charge is 2.21. The SMILES string of the molecule is O=C(CSc1ccc(F)c(F)c1)N1CCN(c2ccc(O)cc2)CC1. The number of amides is 1. The fraction of sp³-hybridized carbons (Fsp3) is 0.278. The van der Waals surface area contributed by atoms with Gasteiger partial charge in [-0.05, 0) is 42.5 Å². The third kappa shape index (κ3) is 4.42. The summed E-state index contributed by atoms with van der Waals surface area (Å²) in [7, 11) is 0. The van der Waals surface area contributed by atoms with E-state index in [1.807, 2.05) is 12.1 Å². The van der Waals surface area contributed by atoms with Gasteiger partial charge in [-0.2, -0.15) is 0 Å². The Morgan fingerprint density at radius 2 is 1.68 bits per heavy atom. The molecule has 2 aromatic rings. The maximum Gasteiger partial charge on any atom is 0.233 e. The average Bonchev–Trinajstić information content (AvgIpc) is 2.63. The molecule has 4 nitrogen and oxygen atoms in total. The molecule has 0 spiro atoms. The summed E-state index contributed by atoms with van der Waals surface area (Å²) in [6.07, 6.45) is 0. The van der Waals surface area contributed by atoms with Gasteiger partial charge in [-0.1, -0.05) is 0 Å². The number of aromatic hydroxyl groups is 1. The minimum absolute atomic E-state index is 0.0138. The maximum atomic E-state index is 13.2. The van der Waals surface area contributed by atoms with Crippen LogP contribution in [0, 0.1) is 11.6 Å². The van der Waals surface area contributed by atoms with E-state index in [1.165, 1.54) is 17.8 Å². The van der Waals surface area contributed by atoms with Crippen LogP contribution >= 0.6 is 11.8 Å². The lowest BCUT2D eigenvalue weighted by atomic mass is 10.2. The molecule has 1 heterocycles. The van der Waals surface area contributed by atoms with Crippen LogP contribution < -0.4 is 4.90 Å². The molecule has 0 unspecified atom stereocenters. The molecule has 25 heavy (non-hydrogen) atoms. The normalized spacial score (nSPS) is 14.6. The van der Waals surface area contributed by atoms with Crippen LogP contribution in [0.5, 0.6) is 5.75 Å². The Morgan fingerprint density at radius 1 is 1.00 bits per heavy atom. The first-order chi connectivity index (χ1) is 12.0. The van der Waals surface area contributed by atoms with Crippen molar-refractivity contribution in [3.63, 3.8) is 0 Å². The summed E-state index contributed by atoms with van der Waals surface area (Å²) in [4.78, 5) is 16.8. The van der Waals surface area contributed by atoms with Gasteiger partial charge in [0.05, 0.1) is 5.75 Å². The molecular weight excluding hydrogens is 346 g/mol. The minimum Gasteiger partial charge on any atom is -0.508 e.